The van der Waals surface area contributed by atoms with Gasteiger partial charge in [-0.3, -0.25) is 19.2 Å². The molecule has 3 aromatic rings. The zero-order valence-electron chi connectivity index (χ0n) is 15.8. The molecule has 7 heteroatoms. The summed E-state index contributed by atoms with van der Waals surface area (Å²) in [6, 6.07) is 14.3. The Balaban J connectivity index is 1.97. The third-order valence-corrected chi connectivity index (χ3v) is 4.30. The van der Waals surface area contributed by atoms with E-state index >= 15 is 0 Å². The summed E-state index contributed by atoms with van der Waals surface area (Å²) in [6.07, 6.45) is 0. The molecule has 0 heterocycles. The summed E-state index contributed by atoms with van der Waals surface area (Å²) in [5, 5.41) is 19.0. The van der Waals surface area contributed by atoms with Gasteiger partial charge in [0.05, 0.1) is 7.11 Å². The highest BCUT2D eigenvalue weighted by Crippen LogP contribution is 2.22. The summed E-state index contributed by atoms with van der Waals surface area (Å²) in [4.78, 5) is 50.3. The van der Waals surface area contributed by atoms with Gasteiger partial charge in [0.2, 0.25) is 23.1 Å². The van der Waals surface area contributed by atoms with Gasteiger partial charge < -0.3 is 14.9 Å². The number of benzene rings is 3. The van der Waals surface area contributed by atoms with E-state index in [2.05, 4.69) is 0 Å². The third-order valence-electron chi connectivity index (χ3n) is 4.30. The smallest absolute Gasteiger partial charge is 0.233 e. The van der Waals surface area contributed by atoms with E-state index in [1.54, 1.807) is 0 Å². The van der Waals surface area contributed by atoms with Gasteiger partial charge in [0.25, 0.3) is 0 Å². The number of carbonyl (C=O) groups excluding carboxylic acids is 4. The fourth-order valence-corrected chi connectivity index (χ4v) is 2.80. The van der Waals surface area contributed by atoms with Crippen LogP contribution in [0.4, 0.5) is 0 Å². The summed E-state index contributed by atoms with van der Waals surface area (Å²) in [6.45, 7) is 0. The van der Waals surface area contributed by atoms with Gasteiger partial charge in [0.1, 0.15) is 17.2 Å². The Morgan fingerprint density at radius 2 is 1.00 bits per heavy atom. The Bertz CT molecular complexity index is 1090. The molecule has 0 amide bonds. The first-order chi connectivity index (χ1) is 14.3. The second-order valence-corrected chi connectivity index (χ2v) is 6.37. The zero-order chi connectivity index (χ0) is 21.8. The average Bonchev–Trinajstić information content (AvgIpc) is 2.76. The summed E-state index contributed by atoms with van der Waals surface area (Å²) in [5.74, 6) is -3.89. The van der Waals surface area contributed by atoms with Crippen LogP contribution in [-0.2, 0) is 0 Å². The Labute approximate surface area is 171 Å². The molecular formula is C23H16O7. The Morgan fingerprint density at radius 1 is 0.600 bits per heavy atom. The second kappa shape index (κ2) is 8.40. The number of ketones is 4. The van der Waals surface area contributed by atoms with Crippen LogP contribution in [0.1, 0.15) is 41.4 Å². The van der Waals surface area contributed by atoms with Crippen molar-refractivity contribution in [1.29, 1.82) is 0 Å². The van der Waals surface area contributed by atoms with Crippen molar-refractivity contribution in [1.82, 2.24) is 0 Å². The van der Waals surface area contributed by atoms with E-state index in [4.69, 9.17) is 4.74 Å². The molecule has 150 valence electrons. The van der Waals surface area contributed by atoms with Gasteiger partial charge in [-0.05, 0) is 42.5 Å². The largest absolute Gasteiger partial charge is 0.508 e. The zero-order valence-corrected chi connectivity index (χ0v) is 15.8. The van der Waals surface area contributed by atoms with Gasteiger partial charge in [-0.1, -0.05) is 24.3 Å². The van der Waals surface area contributed by atoms with Crippen molar-refractivity contribution in [3.05, 3.63) is 89.0 Å². The highest BCUT2D eigenvalue weighted by atomic mass is 16.5. The van der Waals surface area contributed by atoms with E-state index < -0.39 is 23.1 Å². The van der Waals surface area contributed by atoms with Crippen LogP contribution in [0.5, 0.6) is 17.2 Å². The molecule has 2 N–H and O–H groups in total. The number of hydrogen-bond donors (Lipinski definition) is 2. The Kier molecular flexibility index (Phi) is 5.73. The van der Waals surface area contributed by atoms with E-state index in [0.29, 0.717) is 0 Å². The van der Waals surface area contributed by atoms with Crippen LogP contribution in [0.2, 0.25) is 0 Å². The number of rotatable bonds is 7. The fraction of sp³-hybridized carbons (Fsp3) is 0.0435. The van der Waals surface area contributed by atoms with Gasteiger partial charge in [0, 0.05) is 22.3 Å². The number of Topliss-reactive ketones (excluding diaryl/α,β-unsaturated/α-hetero) is 4. The molecule has 0 radical (unpaired) electrons. The van der Waals surface area contributed by atoms with E-state index in [1.807, 2.05) is 0 Å². The second-order valence-electron chi connectivity index (χ2n) is 6.37. The number of ether oxygens (including phenoxy) is 1. The first-order valence-corrected chi connectivity index (χ1v) is 8.75. The molecule has 0 unspecified atom stereocenters. The van der Waals surface area contributed by atoms with Crippen molar-refractivity contribution < 1.29 is 34.1 Å². The Hall–Kier alpha value is -4.26. The molecule has 3 aromatic carbocycles. The predicted octanol–water partition coefficient (Wildman–Crippen LogP) is 3.24. The van der Waals surface area contributed by atoms with E-state index in [0.717, 1.165) is 18.2 Å². The lowest BCUT2D eigenvalue weighted by Gasteiger charge is -2.08. The molecule has 0 fully saturated rings. The van der Waals surface area contributed by atoms with Gasteiger partial charge in [-0.2, -0.15) is 0 Å². The molecular weight excluding hydrogens is 388 g/mol. The number of methoxy groups -OCH3 is 1. The highest BCUT2D eigenvalue weighted by Gasteiger charge is 2.24. The van der Waals surface area contributed by atoms with E-state index in [-0.39, 0.29) is 39.5 Å². The first-order valence-electron chi connectivity index (χ1n) is 8.75. The number of phenols is 2. The predicted molar refractivity (Wildman–Crippen MR) is 107 cm³/mol. The molecule has 0 bridgehead atoms. The fourth-order valence-electron chi connectivity index (χ4n) is 2.80. The van der Waals surface area contributed by atoms with E-state index in [1.165, 1.54) is 55.6 Å². The van der Waals surface area contributed by atoms with Crippen molar-refractivity contribution in [3.63, 3.8) is 0 Å². The normalized spacial score (nSPS) is 10.3. The van der Waals surface area contributed by atoms with Crippen molar-refractivity contribution in [2.45, 2.75) is 0 Å². The number of aromatic hydroxyl groups is 2. The van der Waals surface area contributed by atoms with Gasteiger partial charge >= 0.3 is 0 Å². The standard InChI is InChI=1S/C23H16O7/c1-30-19-11-15(22(28)20(26)13-4-2-6-17(24)9-13)8-16(12-19)23(29)21(27)14-5-3-7-18(25)10-14/h2-12,24-25H,1H3. The maximum Gasteiger partial charge on any atom is 0.233 e. The highest BCUT2D eigenvalue weighted by molar-refractivity contribution is 6.51. The minimum atomic E-state index is -0.932. The van der Waals surface area contributed by atoms with Crippen LogP contribution < -0.4 is 4.74 Å². The van der Waals surface area contributed by atoms with Crippen molar-refractivity contribution in [2.24, 2.45) is 0 Å². The molecule has 0 saturated heterocycles. The minimum absolute atomic E-state index is 0.0217. The molecule has 0 spiro atoms. The lowest BCUT2D eigenvalue weighted by molar-refractivity contribution is 0.0812. The van der Waals surface area contributed by atoms with Crippen molar-refractivity contribution in [3.8, 4) is 17.2 Å². The number of hydrogen-bond acceptors (Lipinski definition) is 7. The first kappa shape index (κ1) is 20.5. The molecule has 0 aliphatic rings. The molecule has 0 aliphatic carbocycles. The monoisotopic (exact) mass is 404 g/mol. The molecule has 30 heavy (non-hydrogen) atoms. The molecule has 7 nitrogen and oxygen atoms in total. The van der Waals surface area contributed by atoms with E-state index in [9.17, 15) is 29.4 Å². The maximum atomic E-state index is 12.7. The Morgan fingerprint density at radius 3 is 1.37 bits per heavy atom. The molecule has 0 saturated carbocycles. The summed E-state index contributed by atoms with van der Waals surface area (Å²) < 4.78 is 5.10. The summed E-state index contributed by atoms with van der Waals surface area (Å²) in [5.41, 5.74) is -0.331. The summed E-state index contributed by atoms with van der Waals surface area (Å²) >= 11 is 0. The third kappa shape index (κ3) is 4.25. The quantitative estimate of drug-likeness (QED) is 0.458. The number of phenolic OH excluding ortho intramolecular Hbond substituents is 2. The average molecular weight is 404 g/mol. The molecule has 0 atom stereocenters. The van der Waals surface area contributed by atoms with Gasteiger partial charge in [0.15, 0.2) is 0 Å². The number of carbonyl (C=O) groups is 4. The lowest BCUT2D eigenvalue weighted by atomic mass is 9.96. The molecule has 3 rings (SSSR count). The molecule has 0 aromatic heterocycles. The minimum Gasteiger partial charge on any atom is -0.508 e. The van der Waals surface area contributed by atoms with Crippen LogP contribution in [-0.4, -0.2) is 40.5 Å². The van der Waals surface area contributed by atoms with Gasteiger partial charge in [-0.15, -0.1) is 0 Å². The van der Waals surface area contributed by atoms with Crippen LogP contribution >= 0.6 is 0 Å². The van der Waals surface area contributed by atoms with Crippen LogP contribution in [0.15, 0.2) is 66.7 Å². The molecule has 0 aliphatic heterocycles. The van der Waals surface area contributed by atoms with Crippen LogP contribution in [0.25, 0.3) is 0 Å². The SMILES string of the molecule is COc1cc(C(=O)C(=O)c2cccc(O)c2)cc(C(=O)C(=O)c2cccc(O)c2)c1. The van der Waals surface area contributed by atoms with Crippen LogP contribution in [0.3, 0.4) is 0 Å². The lowest BCUT2D eigenvalue weighted by Crippen LogP contribution is -2.18. The van der Waals surface area contributed by atoms with Gasteiger partial charge in [-0.25, -0.2) is 0 Å². The summed E-state index contributed by atoms with van der Waals surface area (Å²) in [7, 11) is 1.31. The topological polar surface area (TPSA) is 118 Å². The van der Waals surface area contributed by atoms with Crippen molar-refractivity contribution >= 4 is 23.1 Å². The van der Waals surface area contributed by atoms with Crippen molar-refractivity contribution in [2.75, 3.05) is 7.11 Å². The maximum absolute atomic E-state index is 12.7. The van der Waals surface area contributed by atoms with Crippen LogP contribution in [0, 0.1) is 0 Å².